The van der Waals surface area contributed by atoms with Crippen LogP contribution in [-0.4, -0.2) is 26.5 Å². The second kappa shape index (κ2) is 6.90. The van der Waals surface area contributed by atoms with Crippen LogP contribution in [0.3, 0.4) is 0 Å². The van der Waals surface area contributed by atoms with Gasteiger partial charge in [0.15, 0.2) is 9.84 Å². The lowest BCUT2D eigenvalue weighted by Gasteiger charge is -2.17. The second-order valence-corrected chi connectivity index (χ2v) is 7.03. The van der Waals surface area contributed by atoms with Gasteiger partial charge in [-0.15, -0.1) is 0 Å². The summed E-state index contributed by atoms with van der Waals surface area (Å²) in [6.45, 7) is 6.37. The third kappa shape index (κ3) is 4.78. The summed E-state index contributed by atoms with van der Waals surface area (Å²) in [5.74, 6) is 0.432. The number of sulfone groups is 1. The van der Waals surface area contributed by atoms with E-state index >= 15 is 0 Å². The van der Waals surface area contributed by atoms with E-state index in [1.54, 1.807) is 6.92 Å². The molecular weight excluding hydrogens is 246 g/mol. The Morgan fingerprint density at radius 1 is 1.17 bits per heavy atom. The summed E-state index contributed by atoms with van der Waals surface area (Å²) in [5.41, 5.74) is 2.46. The van der Waals surface area contributed by atoms with E-state index in [2.05, 4.69) is 43.4 Å². The van der Waals surface area contributed by atoms with Gasteiger partial charge in [-0.05, 0) is 18.9 Å². The fourth-order valence-electron chi connectivity index (χ4n) is 1.83. The summed E-state index contributed by atoms with van der Waals surface area (Å²) >= 11 is 0. The SMILES string of the molecule is CCC(NCCS(=O)(=O)CC)c1ccc(C)cc1. The molecule has 0 aromatic heterocycles. The van der Waals surface area contributed by atoms with Gasteiger partial charge in [-0.25, -0.2) is 8.42 Å². The van der Waals surface area contributed by atoms with E-state index in [1.807, 2.05) is 0 Å². The molecule has 1 atom stereocenters. The Balaban J connectivity index is 2.55. The summed E-state index contributed by atoms with van der Waals surface area (Å²) in [7, 11) is -2.87. The third-order valence-corrected chi connectivity index (χ3v) is 4.84. The van der Waals surface area contributed by atoms with Gasteiger partial charge in [-0.2, -0.15) is 0 Å². The smallest absolute Gasteiger partial charge is 0.151 e. The van der Waals surface area contributed by atoms with Crippen LogP contribution in [0.15, 0.2) is 24.3 Å². The Hall–Kier alpha value is -0.870. The second-order valence-electron chi connectivity index (χ2n) is 4.56. The standard InChI is InChI=1S/C14H23NO2S/c1-4-14(13-8-6-12(3)7-9-13)15-10-11-18(16,17)5-2/h6-9,14-15H,4-5,10-11H2,1-3H3. The van der Waals surface area contributed by atoms with Gasteiger partial charge >= 0.3 is 0 Å². The molecule has 1 aromatic carbocycles. The first-order valence-electron chi connectivity index (χ1n) is 6.49. The molecule has 0 bridgehead atoms. The maximum absolute atomic E-state index is 11.4. The van der Waals surface area contributed by atoms with Crippen molar-refractivity contribution in [1.82, 2.24) is 5.32 Å². The van der Waals surface area contributed by atoms with E-state index in [-0.39, 0.29) is 17.5 Å². The van der Waals surface area contributed by atoms with Gasteiger partial charge < -0.3 is 5.32 Å². The Morgan fingerprint density at radius 2 is 1.78 bits per heavy atom. The van der Waals surface area contributed by atoms with E-state index < -0.39 is 9.84 Å². The summed E-state index contributed by atoms with van der Waals surface area (Å²) in [4.78, 5) is 0. The number of nitrogens with one attached hydrogen (secondary N) is 1. The normalized spacial score (nSPS) is 13.5. The average Bonchev–Trinajstić information content (AvgIpc) is 2.36. The van der Waals surface area contributed by atoms with Crippen molar-refractivity contribution in [1.29, 1.82) is 0 Å². The lowest BCUT2D eigenvalue weighted by Crippen LogP contribution is -2.27. The van der Waals surface area contributed by atoms with Crippen LogP contribution in [0.5, 0.6) is 0 Å². The van der Waals surface area contributed by atoms with Crippen molar-refractivity contribution in [3.8, 4) is 0 Å². The summed E-state index contributed by atoms with van der Waals surface area (Å²) in [6.07, 6.45) is 0.954. The minimum Gasteiger partial charge on any atom is -0.309 e. The number of aryl methyl sites for hydroxylation is 1. The van der Waals surface area contributed by atoms with E-state index in [4.69, 9.17) is 0 Å². The summed E-state index contributed by atoms with van der Waals surface area (Å²) in [5, 5.41) is 3.32. The molecule has 4 heteroatoms. The van der Waals surface area contributed by atoms with Gasteiger partial charge in [0, 0.05) is 18.3 Å². The Kier molecular flexibility index (Phi) is 5.82. The Morgan fingerprint density at radius 3 is 2.28 bits per heavy atom. The highest BCUT2D eigenvalue weighted by atomic mass is 32.2. The van der Waals surface area contributed by atoms with E-state index in [9.17, 15) is 8.42 Å². The summed E-state index contributed by atoms with van der Waals surface area (Å²) < 4.78 is 22.8. The highest BCUT2D eigenvalue weighted by molar-refractivity contribution is 7.91. The van der Waals surface area contributed by atoms with Gasteiger partial charge in [0.05, 0.1) is 5.75 Å². The van der Waals surface area contributed by atoms with Gasteiger partial charge in [0.2, 0.25) is 0 Å². The highest BCUT2D eigenvalue weighted by Crippen LogP contribution is 2.16. The maximum atomic E-state index is 11.4. The van der Waals surface area contributed by atoms with Crippen LogP contribution in [0.4, 0.5) is 0 Å². The molecule has 0 fully saturated rings. The van der Waals surface area contributed by atoms with Crippen LogP contribution in [-0.2, 0) is 9.84 Å². The van der Waals surface area contributed by atoms with Gasteiger partial charge in [-0.3, -0.25) is 0 Å². The number of hydrogen-bond acceptors (Lipinski definition) is 3. The van der Waals surface area contributed by atoms with Crippen molar-refractivity contribution >= 4 is 9.84 Å². The molecule has 0 spiro atoms. The molecule has 0 aliphatic heterocycles. The highest BCUT2D eigenvalue weighted by Gasteiger charge is 2.11. The largest absolute Gasteiger partial charge is 0.309 e. The minimum atomic E-state index is -2.87. The maximum Gasteiger partial charge on any atom is 0.151 e. The molecule has 0 amide bonds. The van der Waals surface area contributed by atoms with Crippen LogP contribution in [0.1, 0.15) is 37.4 Å². The fraction of sp³-hybridized carbons (Fsp3) is 0.571. The molecule has 18 heavy (non-hydrogen) atoms. The zero-order chi connectivity index (χ0) is 13.6. The van der Waals surface area contributed by atoms with Crippen LogP contribution < -0.4 is 5.32 Å². The molecule has 0 saturated carbocycles. The predicted octanol–water partition coefficient (Wildman–Crippen LogP) is 2.47. The monoisotopic (exact) mass is 269 g/mol. The first kappa shape index (κ1) is 15.2. The molecule has 1 unspecified atom stereocenters. The third-order valence-electron chi connectivity index (χ3n) is 3.13. The number of rotatable bonds is 7. The predicted molar refractivity (Wildman–Crippen MR) is 76.5 cm³/mol. The molecule has 1 N–H and O–H groups in total. The fourth-order valence-corrected chi connectivity index (χ4v) is 2.55. The molecule has 1 aromatic rings. The molecule has 102 valence electrons. The quantitative estimate of drug-likeness (QED) is 0.827. The lowest BCUT2D eigenvalue weighted by atomic mass is 10.0. The van der Waals surface area contributed by atoms with Crippen molar-refractivity contribution in [2.45, 2.75) is 33.2 Å². The van der Waals surface area contributed by atoms with E-state index in [1.165, 1.54) is 11.1 Å². The average molecular weight is 269 g/mol. The van der Waals surface area contributed by atoms with Crippen molar-refractivity contribution in [3.05, 3.63) is 35.4 Å². The molecule has 3 nitrogen and oxygen atoms in total. The molecule has 0 radical (unpaired) electrons. The van der Waals surface area contributed by atoms with Crippen LogP contribution in [0, 0.1) is 6.92 Å². The number of hydrogen-bond donors (Lipinski definition) is 1. The van der Waals surface area contributed by atoms with Gasteiger partial charge in [0.1, 0.15) is 0 Å². The zero-order valence-corrected chi connectivity index (χ0v) is 12.3. The molecular formula is C14H23NO2S. The zero-order valence-electron chi connectivity index (χ0n) is 11.4. The molecule has 0 heterocycles. The van der Waals surface area contributed by atoms with Crippen LogP contribution >= 0.6 is 0 Å². The van der Waals surface area contributed by atoms with Crippen molar-refractivity contribution in [2.75, 3.05) is 18.1 Å². The van der Waals surface area contributed by atoms with E-state index in [0.29, 0.717) is 6.54 Å². The van der Waals surface area contributed by atoms with Crippen molar-refractivity contribution < 1.29 is 8.42 Å². The molecule has 1 rings (SSSR count). The first-order chi connectivity index (χ1) is 8.48. The lowest BCUT2D eigenvalue weighted by molar-refractivity contribution is 0.531. The minimum absolute atomic E-state index is 0.214. The molecule has 0 saturated heterocycles. The molecule has 0 aliphatic rings. The summed E-state index contributed by atoms with van der Waals surface area (Å²) in [6, 6.07) is 8.61. The van der Waals surface area contributed by atoms with Crippen molar-refractivity contribution in [2.24, 2.45) is 0 Å². The van der Waals surface area contributed by atoms with E-state index in [0.717, 1.165) is 6.42 Å². The Labute approximate surface area is 111 Å². The number of benzene rings is 1. The topological polar surface area (TPSA) is 46.2 Å². The van der Waals surface area contributed by atoms with Crippen LogP contribution in [0.25, 0.3) is 0 Å². The Bertz CT molecular complexity index is 451. The van der Waals surface area contributed by atoms with Crippen molar-refractivity contribution in [3.63, 3.8) is 0 Å². The van der Waals surface area contributed by atoms with Crippen LogP contribution in [0.2, 0.25) is 0 Å². The first-order valence-corrected chi connectivity index (χ1v) is 8.31. The van der Waals surface area contributed by atoms with Gasteiger partial charge in [0.25, 0.3) is 0 Å². The molecule has 0 aliphatic carbocycles. The van der Waals surface area contributed by atoms with Gasteiger partial charge in [-0.1, -0.05) is 43.7 Å².